The van der Waals surface area contributed by atoms with Crippen molar-refractivity contribution in [2.45, 2.75) is 19.8 Å². The maximum Gasteiger partial charge on any atom is 0.303 e. The Labute approximate surface area is 114 Å². The molecule has 0 unspecified atom stereocenters. The van der Waals surface area contributed by atoms with Crippen molar-refractivity contribution < 1.29 is 14.8 Å². The van der Waals surface area contributed by atoms with Crippen LogP contribution in [-0.2, 0) is 11.2 Å². The number of benzene rings is 1. The predicted molar refractivity (Wildman–Crippen MR) is 73.6 cm³/mol. The van der Waals surface area contributed by atoms with Gasteiger partial charge in [-0.2, -0.15) is 0 Å². The van der Waals surface area contributed by atoms with E-state index in [-0.39, 0.29) is 18.5 Å². The molecule has 2 rings (SSSR count). The molecule has 0 spiro atoms. The summed E-state index contributed by atoms with van der Waals surface area (Å²) in [6.45, 7) is 1.75. The molecule has 0 amide bonds. The van der Waals surface area contributed by atoms with Crippen LogP contribution < -0.4 is 0 Å². The Morgan fingerprint density at radius 2 is 2.25 bits per heavy atom. The second-order valence-corrected chi connectivity index (χ2v) is 4.41. The second kappa shape index (κ2) is 5.05. The third kappa shape index (κ3) is 2.21. The van der Waals surface area contributed by atoms with Gasteiger partial charge in [-0.05, 0) is 25.0 Å². The van der Waals surface area contributed by atoms with Crippen LogP contribution >= 0.6 is 0 Å². The first kappa shape index (κ1) is 13.6. The Bertz CT molecular complexity index is 753. The lowest BCUT2D eigenvalue weighted by Gasteiger charge is -2.01. The number of hydrogen-bond donors (Lipinski definition) is 2. The van der Waals surface area contributed by atoms with Crippen molar-refractivity contribution in [2.24, 2.45) is 0 Å². The second-order valence-electron chi connectivity index (χ2n) is 4.41. The molecule has 0 radical (unpaired) electrons. The predicted octanol–water partition coefficient (Wildman–Crippen LogP) is 2.38. The fourth-order valence-corrected chi connectivity index (χ4v) is 2.29. The lowest BCUT2D eigenvalue weighted by Crippen LogP contribution is -1.99. The molecule has 2 aromatic rings. The van der Waals surface area contributed by atoms with Gasteiger partial charge < -0.3 is 10.1 Å². The molecule has 0 atom stereocenters. The Kier molecular flexibility index (Phi) is 3.44. The van der Waals surface area contributed by atoms with E-state index in [0.717, 1.165) is 0 Å². The van der Waals surface area contributed by atoms with Crippen LogP contribution in [0.25, 0.3) is 10.9 Å². The number of nitrogens with one attached hydrogen (secondary N) is 1. The summed E-state index contributed by atoms with van der Waals surface area (Å²) in [7, 11) is 0. The number of aromatic nitrogens is 1. The number of hydrogen-bond acceptors (Lipinski definition) is 3. The molecular formula is C14H12N2O4. The molecule has 0 aliphatic rings. The number of carboxylic acids is 1. The zero-order valence-corrected chi connectivity index (χ0v) is 10.8. The van der Waals surface area contributed by atoms with E-state index in [0.29, 0.717) is 27.7 Å². The van der Waals surface area contributed by atoms with Crippen LogP contribution in [0, 0.1) is 29.4 Å². The number of aliphatic carboxylic acids is 1. The largest absolute Gasteiger partial charge is 0.481 e. The minimum Gasteiger partial charge on any atom is -0.481 e. The van der Waals surface area contributed by atoms with Crippen molar-refractivity contribution >= 4 is 22.6 Å². The standard InChI is InChI=1S/C14H12N2O4/c1-3-9-4-6-11(16(19)20)13-10(5-7-12(17)18)8(2)15-14(9)13/h1,4,6,15H,5,7H2,2H3,(H,17,18). The number of rotatable bonds is 4. The molecule has 1 aromatic carbocycles. The van der Waals surface area contributed by atoms with Gasteiger partial charge in [0.15, 0.2) is 0 Å². The van der Waals surface area contributed by atoms with Crippen LogP contribution in [-0.4, -0.2) is 21.0 Å². The molecule has 2 N–H and O–H groups in total. The van der Waals surface area contributed by atoms with E-state index in [4.69, 9.17) is 11.5 Å². The van der Waals surface area contributed by atoms with Gasteiger partial charge in [-0.25, -0.2) is 0 Å². The number of nitrogens with zero attached hydrogens (tertiary/aromatic N) is 1. The maximum absolute atomic E-state index is 11.1. The Balaban J connectivity index is 2.74. The van der Waals surface area contributed by atoms with Gasteiger partial charge >= 0.3 is 5.97 Å². The summed E-state index contributed by atoms with van der Waals surface area (Å²) >= 11 is 0. The van der Waals surface area contributed by atoms with Crippen molar-refractivity contribution in [3.8, 4) is 12.3 Å². The molecule has 1 aromatic heterocycles. The van der Waals surface area contributed by atoms with Crippen molar-refractivity contribution in [3.63, 3.8) is 0 Å². The molecule has 6 nitrogen and oxygen atoms in total. The van der Waals surface area contributed by atoms with E-state index in [9.17, 15) is 14.9 Å². The van der Waals surface area contributed by atoms with E-state index < -0.39 is 10.9 Å². The van der Waals surface area contributed by atoms with Crippen LogP contribution in [0.3, 0.4) is 0 Å². The fourth-order valence-electron chi connectivity index (χ4n) is 2.29. The van der Waals surface area contributed by atoms with E-state index in [1.54, 1.807) is 6.92 Å². The lowest BCUT2D eigenvalue weighted by atomic mass is 10.0. The number of aromatic amines is 1. The average Bonchev–Trinajstić information content (AvgIpc) is 2.71. The number of nitro benzene ring substituents is 1. The van der Waals surface area contributed by atoms with Crippen LogP contribution in [0.2, 0.25) is 0 Å². The zero-order valence-electron chi connectivity index (χ0n) is 10.8. The molecule has 102 valence electrons. The molecule has 6 heteroatoms. The van der Waals surface area contributed by atoms with E-state index in [2.05, 4.69) is 10.9 Å². The van der Waals surface area contributed by atoms with Crippen molar-refractivity contribution in [1.29, 1.82) is 0 Å². The first-order chi connectivity index (χ1) is 9.45. The molecule has 0 fully saturated rings. The molecule has 0 bridgehead atoms. The number of nitro groups is 1. The summed E-state index contributed by atoms with van der Waals surface area (Å²) in [6.07, 6.45) is 5.52. The highest BCUT2D eigenvalue weighted by Crippen LogP contribution is 2.33. The van der Waals surface area contributed by atoms with Gasteiger partial charge in [-0.3, -0.25) is 14.9 Å². The molecule has 0 aliphatic heterocycles. The number of carboxylic acid groups (broad SMARTS) is 1. The number of terminal acetylenes is 1. The highest BCUT2D eigenvalue weighted by Gasteiger charge is 2.21. The summed E-state index contributed by atoms with van der Waals surface area (Å²) in [5.74, 6) is 1.52. The monoisotopic (exact) mass is 272 g/mol. The van der Waals surface area contributed by atoms with Gasteiger partial charge in [-0.1, -0.05) is 5.92 Å². The topological polar surface area (TPSA) is 96.2 Å². The fraction of sp³-hybridized carbons (Fsp3) is 0.214. The van der Waals surface area contributed by atoms with Gasteiger partial charge in [0, 0.05) is 23.7 Å². The van der Waals surface area contributed by atoms with Crippen molar-refractivity contribution in [1.82, 2.24) is 4.98 Å². The smallest absolute Gasteiger partial charge is 0.303 e. The molecule has 20 heavy (non-hydrogen) atoms. The first-order valence-electron chi connectivity index (χ1n) is 5.92. The quantitative estimate of drug-likeness (QED) is 0.507. The van der Waals surface area contributed by atoms with Crippen LogP contribution in [0.4, 0.5) is 5.69 Å². The zero-order chi connectivity index (χ0) is 14.9. The lowest BCUT2D eigenvalue weighted by molar-refractivity contribution is -0.383. The highest BCUT2D eigenvalue weighted by molar-refractivity contribution is 5.96. The van der Waals surface area contributed by atoms with Crippen molar-refractivity contribution in [2.75, 3.05) is 0 Å². The van der Waals surface area contributed by atoms with Crippen LogP contribution in [0.5, 0.6) is 0 Å². The number of H-pyrrole nitrogens is 1. The van der Waals surface area contributed by atoms with E-state index >= 15 is 0 Å². The highest BCUT2D eigenvalue weighted by atomic mass is 16.6. The minimum absolute atomic E-state index is 0.0660. The maximum atomic E-state index is 11.1. The Morgan fingerprint density at radius 1 is 1.55 bits per heavy atom. The SMILES string of the molecule is C#Cc1ccc([N+](=O)[O-])c2c(CCC(=O)O)c(C)[nH]c12. The van der Waals surface area contributed by atoms with Gasteiger partial charge in [0.1, 0.15) is 0 Å². The van der Waals surface area contributed by atoms with Gasteiger partial charge in [-0.15, -0.1) is 6.42 Å². The van der Waals surface area contributed by atoms with E-state index in [1.165, 1.54) is 12.1 Å². The Morgan fingerprint density at radius 3 is 2.80 bits per heavy atom. The summed E-state index contributed by atoms with van der Waals surface area (Å²) in [5, 5.41) is 20.3. The van der Waals surface area contributed by atoms with Gasteiger partial charge in [0.25, 0.3) is 5.69 Å². The number of fused-ring (bicyclic) bond motifs is 1. The summed E-state index contributed by atoms with van der Waals surface area (Å²) in [4.78, 5) is 24.4. The third-order valence-electron chi connectivity index (χ3n) is 3.19. The molecule has 0 saturated heterocycles. The van der Waals surface area contributed by atoms with Gasteiger partial charge in [0.2, 0.25) is 0 Å². The molecule has 0 aliphatic carbocycles. The normalized spacial score (nSPS) is 10.4. The minimum atomic E-state index is -0.950. The summed E-state index contributed by atoms with van der Waals surface area (Å²) in [5.41, 5.74) is 2.30. The summed E-state index contributed by atoms with van der Waals surface area (Å²) in [6, 6.07) is 2.87. The molecular weight excluding hydrogens is 260 g/mol. The molecule has 1 heterocycles. The number of carbonyl (C=O) groups is 1. The number of aryl methyl sites for hydroxylation is 2. The van der Waals surface area contributed by atoms with E-state index in [1.807, 2.05) is 0 Å². The van der Waals surface area contributed by atoms with Crippen LogP contribution in [0.1, 0.15) is 23.2 Å². The molecule has 0 saturated carbocycles. The van der Waals surface area contributed by atoms with Crippen LogP contribution in [0.15, 0.2) is 12.1 Å². The van der Waals surface area contributed by atoms with Crippen molar-refractivity contribution in [3.05, 3.63) is 39.1 Å². The Hall–Kier alpha value is -2.81. The third-order valence-corrected chi connectivity index (χ3v) is 3.19. The number of non-ortho nitro benzene ring substituents is 1. The average molecular weight is 272 g/mol. The first-order valence-corrected chi connectivity index (χ1v) is 5.92. The summed E-state index contributed by atoms with van der Waals surface area (Å²) < 4.78 is 0. The van der Waals surface area contributed by atoms with Gasteiger partial charge in [0.05, 0.1) is 15.8 Å².